The largest absolute Gasteiger partial charge is 0.478 e. The monoisotopic (exact) mass is 251 g/mol. The molecule has 0 aliphatic heterocycles. The number of hydrogen-bond donors (Lipinski definition) is 2. The molecular formula is C14H21NO3. The van der Waals surface area contributed by atoms with E-state index in [2.05, 4.69) is 19.2 Å². The van der Waals surface area contributed by atoms with Gasteiger partial charge >= 0.3 is 5.97 Å². The van der Waals surface area contributed by atoms with Gasteiger partial charge in [-0.25, -0.2) is 4.79 Å². The van der Waals surface area contributed by atoms with E-state index in [1.165, 1.54) is 0 Å². The molecule has 0 spiro atoms. The number of carboxylic acid groups (broad SMARTS) is 1. The summed E-state index contributed by atoms with van der Waals surface area (Å²) in [6, 6.07) is 5.35. The topological polar surface area (TPSA) is 58.6 Å². The maximum absolute atomic E-state index is 11.1. The van der Waals surface area contributed by atoms with Gasteiger partial charge in [0.25, 0.3) is 0 Å². The van der Waals surface area contributed by atoms with E-state index in [1.54, 1.807) is 12.1 Å². The molecule has 0 saturated carbocycles. The third-order valence-corrected chi connectivity index (χ3v) is 2.42. The van der Waals surface area contributed by atoms with Gasteiger partial charge in [-0.3, -0.25) is 0 Å². The van der Waals surface area contributed by atoms with Crippen LogP contribution in [0.3, 0.4) is 0 Å². The molecule has 0 radical (unpaired) electrons. The Hall–Kier alpha value is -1.55. The van der Waals surface area contributed by atoms with Crippen molar-refractivity contribution in [2.45, 2.75) is 20.8 Å². The first-order valence-electron chi connectivity index (χ1n) is 6.16. The van der Waals surface area contributed by atoms with Gasteiger partial charge in [-0.15, -0.1) is 0 Å². The summed E-state index contributed by atoms with van der Waals surface area (Å²) < 4.78 is 5.43. The van der Waals surface area contributed by atoms with Crippen LogP contribution >= 0.6 is 0 Å². The van der Waals surface area contributed by atoms with E-state index in [4.69, 9.17) is 9.84 Å². The molecule has 0 heterocycles. The number of benzene rings is 1. The fraction of sp³-hybridized carbons (Fsp3) is 0.500. The molecule has 0 atom stereocenters. The van der Waals surface area contributed by atoms with Gasteiger partial charge in [-0.2, -0.15) is 0 Å². The standard InChI is InChI=1S/C14H21NO3/c1-10(2)9-18-7-6-15-13-5-4-11(3)8-12(13)14(16)17/h4-5,8,10,15H,6-7,9H2,1-3H3,(H,16,17). The lowest BCUT2D eigenvalue weighted by atomic mass is 10.1. The minimum atomic E-state index is -0.913. The molecule has 100 valence electrons. The predicted molar refractivity (Wildman–Crippen MR) is 72.3 cm³/mol. The third-order valence-electron chi connectivity index (χ3n) is 2.42. The van der Waals surface area contributed by atoms with E-state index in [-0.39, 0.29) is 0 Å². The number of carbonyl (C=O) groups is 1. The highest BCUT2D eigenvalue weighted by atomic mass is 16.5. The maximum Gasteiger partial charge on any atom is 0.337 e. The van der Waals surface area contributed by atoms with Gasteiger partial charge in [0.1, 0.15) is 0 Å². The number of anilines is 1. The van der Waals surface area contributed by atoms with Crippen LogP contribution in [0.4, 0.5) is 5.69 Å². The van der Waals surface area contributed by atoms with Crippen molar-refractivity contribution in [1.29, 1.82) is 0 Å². The van der Waals surface area contributed by atoms with Crippen molar-refractivity contribution in [3.8, 4) is 0 Å². The van der Waals surface area contributed by atoms with Crippen LogP contribution in [0.5, 0.6) is 0 Å². The van der Waals surface area contributed by atoms with Crippen molar-refractivity contribution < 1.29 is 14.6 Å². The summed E-state index contributed by atoms with van der Waals surface area (Å²) in [4.78, 5) is 11.1. The lowest BCUT2D eigenvalue weighted by molar-refractivity contribution is 0.0697. The number of ether oxygens (including phenoxy) is 1. The van der Waals surface area contributed by atoms with Crippen molar-refractivity contribution in [3.05, 3.63) is 29.3 Å². The lowest BCUT2D eigenvalue weighted by Crippen LogP contribution is -2.14. The second kappa shape index (κ2) is 7.01. The van der Waals surface area contributed by atoms with Gasteiger partial charge < -0.3 is 15.2 Å². The third kappa shape index (κ3) is 4.75. The van der Waals surface area contributed by atoms with E-state index in [0.29, 0.717) is 30.3 Å². The Morgan fingerprint density at radius 2 is 2.17 bits per heavy atom. The summed E-state index contributed by atoms with van der Waals surface area (Å²) in [6.07, 6.45) is 0. The Morgan fingerprint density at radius 3 is 2.78 bits per heavy atom. The molecular weight excluding hydrogens is 230 g/mol. The van der Waals surface area contributed by atoms with Crippen molar-refractivity contribution in [2.75, 3.05) is 25.1 Å². The highest BCUT2D eigenvalue weighted by molar-refractivity contribution is 5.94. The lowest BCUT2D eigenvalue weighted by Gasteiger charge is -2.11. The number of rotatable bonds is 7. The van der Waals surface area contributed by atoms with E-state index < -0.39 is 5.97 Å². The zero-order chi connectivity index (χ0) is 13.5. The van der Waals surface area contributed by atoms with E-state index >= 15 is 0 Å². The number of aromatic carboxylic acids is 1. The molecule has 1 aromatic carbocycles. The molecule has 0 unspecified atom stereocenters. The van der Waals surface area contributed by atoms with Crippen molar-refractivity contribution in [3.63, 3.8) is 0 Å². The van der Waals surface area contributed by atoms with Crippen molar-refractivity contribution >= 4 is 11.7 Å². The molecule has 4 heteroatoms. The molecule has 0 bridgehead atoms. The Morgan fingerprint density at radius 1 is 1.44 bits per heavy atom. The minimum Gasteiger partial charge on any atom is -0.478 e. The van der Waals surface area contributed by atoms with Crippen molar-refractivity contribution in [1.82, 2.24) is 0 Å². The molecule has 0 saturated heterocycles. The van der Waals surface area contributed by atoms with E-state index in [0.717, 1.165) is 12.2 Å². The number of hydrogen-bond acceptors (Lipinski definition) is 3. The number of aryl methyl sites for hydroxylation is 1. The normalized spacial score (nSPS) is 10.7. The van der Waals surface area contributed by atoms with Crippen LogP contribution in [0, 0.1) is 12.8 Å². The smallest absolute Gasteiger partial charge is 0.337 e. The molecule has 2 N–H and O–H groups in total. The zero-order valence-corrected chi connectivity index (χ0v) is 11.2. The van der Waals surface area contributed by atoms with Crippen LogP contribution in [-0.4, -0.2) is 30.8 Å². The first kappa shape index (κ1) is 14.5. The van der Waals surface area contributed by atoms with Crippen molar-refractivity contribution in [2.24, 2.45) is 5.92 Å². The summed E-state index contributed by atoms with van der Waals surface area (Å²) in [7, 11) is 0. The number of nitrogens with one attached hydrogen (secondary N) is 1. The van der Waals surface area contributed by atoms with Gasteiger partial charge in [0, 0.05) is 18.8 Å². The molecule has 18 heavy (non-hydrogen) atoms. The summed E-state index contributed by atoms with van der Waals surface area (Å²) in [5, 5.41) is 12.2. The highest BCUT2D eigenvalue weighted by Crippen LogP contribution is 2.17. The fourth-order valence-corrected chi connectivity index (χ4v) is 1.57. The second-order valence-corrected chi connectivity index (χ2v) is 4.75. The minimum absolute atomic E-state index is 0.304. The Balaban J connectivity index is 2.49. The number of carboxylic acids is 1. The predicted octanol–water partition coefficient (Wildman–Crippen LogP) is 2.78. The van der Waals surface area contributed by atoms with Gasteiger partial charge in [0.15, 0.2) is 0 Å². The quantitative estimate of drug-likeness (QED) is 0.732. The Labute approximate surface area is 108 Å². The molecule has 1 rings (SSSR count). The van der Waals surface area contributed by atoms with Crippen LogP contribution in [0.2, 0.25) is 0 Å². The molecule has 1 aromatic rings. The molecule has 0 aliphatic carbocycles. The van der Waals surface area contributed by atoms with Gasteiger partial charge in [0.05, 0.1) is 12.2 Å². The van der Waals surface area contributed by atoms with Crippen LogP contribution in [0.25, 0.3) is 0 Å². The van der Waals surface area contributed by atoms with Gasteiger partial charge in [0.2, 0.25) is 0 Å². The first-order chi connectivity index (χ1) is 8.50. The van der Waals surface area contributed by atoms with E-state index in [9.17, 15) is 4.79 Å². The van der Waals surface area contributed by atoms with Crippen LogP contribution in [0.15, 0.2) is 18.2 Å². The fourth-order valence-electron chi connectivity index (χ4n) is 1.57. The molecule has 0 aliphatic rings. The summed E-state index contributed by atoms with van der Waals surface area (Å²) in [5.74, 6) is -0.400. The Kier molecular flexibility index (Phi) is 5.65. The molecule has 0 aromatic heterocycles. The van der Waals surface area contributed by atoms with Gasteiger partial charge in [-0.1, -0.05) is 25.5 Å². The SMILES string of the molecule is Cc1ccc(NCCOCC(C)C)c(C(=O)O)c1. The molecule has 0 fully saturated rings. The maximum atomic E-state index is 11.1. The average molecular weight is 251 g/mol. The average Bonchev–Trinajstić information content (AvgIpc) is 2.29. The van der Waals surface area contributed by atoms with Crippen LogP contribution in [-0.2, 0) is 4.74 Å². The second-order valence-electron chi connectivity index (χ2n) is 4.75. The Bertz CT molecular complexity index is 402. The van der Waals surface area contributed by atoms with E-state index in [1.807, 2.05) is 13.0 Å². The molecule has 0 amide bonds. The summed E-state index contributed by atoms with van der Waals surface area (Å²) >= 11 is 0. The van der Waals surface area contributed by atoms with Crippen LogP contribution in [0.1, 0.15) is 29.8 Å². The van der Waals surface area contributed by atoms with Gasteiger partial charge in [-0.05, 0) is 25.0 Å². The zero-order valence-electron chi connectivity index (χ0n) is 11.2. The summed E-state index contributed by atoms with van der Waals surface area (Å²) in [6.45, 7) is 7.97. The summed E-state index contributed by atoms with van der Waals surface area (Å²) in [5.41, 5.74) is 1.88. The van der Waals surface area contributed by atoms with Crippen LogP contribution < -0.4 is 5.32 Å². The molecule has 4 nitrogen and oxygen atoms in total. The first-order valence-corrected chi connectivity index (χ1v) is 6.16. The highest BCUT2D eigenvalue weighted by Gasteiger charge is 2.09.